The number of carbonyl (C=O) groups excluding carboxylic acids is 1. The van der Waals surface area contributed by atoms with Crippen molar-refractivity contribution < 1.29 is 4.79 Å². The summed E-state index contributed by atoms with van der Waals surface area (Å²) in [5.74, 6) is -0.0653. The summed E-state index contributed by atoms with van der Waals surface area (Å²) in [4.78, 5) is 16.1. The number of amides is 1. The first-order valence-corrected chi connectivity index (χ1v) is 8.93. The number of nitrogens with two attached hydrogens (primary N) is 1. The van der Waals surface area contributed by atoms with E-state index in [0.29, 0.717) is 17.1 Å². The third-order valence-corrected chi connectivity index (χ3v) is 5.47. The molecule has 0 unspecified atom stereocenters. The van der Waals surface area contributed by atoms with Crippen LogP contribution < -0.4 is 21.3 Å². The van der Waals surface area contributed by atoms with Crippen molar-refractivity contribution in [2.75, 3.05) is 49.6 Å². The van der Waals surface area contributed by atoms with Crippen molar-refractivity contribution in [2.45, 2.75) is 18.2 Å². The first kappa shape index (κ1) is 15.5. The minimum absolute atomic E-state index is 0.0653. The van der Waals surface area contributed by atoms with E-state index >= 15 is 0 Å². The van der Waals surface area contributed by atoms with Gasteiger partial charge < -0.3 is 21.3 Å². The molecule has 1 saturated heterocycles. The van der Waals surface area contributed by atoms with Crippen molar-refractivity contribution in [3.63, 3.8) is 0 Å². The highest BCUT2D eigenvalue weighted by atomic mass is 32.2. The van der Waals surface area contributed by atoms with Crippen LogP contribution in [0, 0.1) is 0 Å². The number of carbonyl (C=O) groups is 1. The molecule has 1 aliphatic heterocycles. The summed E-state index contributed by atoms with van der Waals surface area (Å²) in [5, 5.41) is 7.37. The van der Waals surface area contributed by atoms with E-state index in [1.165, 1.54) is 11.3 Å². The van der Waals surface area contributed by atoms with Gasteiger partial charge in [-0.15, -0.1) is 23.1 Å². The molecule has 1 aliphatic rings. The first-order valence-electron chi connectivity index (χ1n) is 6.89. The van der Waals surface area contributed by atoms with Crippen LogP contribution in [0.2, 0.25) is 0 Å². The molecule has 7 heteroatoms. The van der Waals surface area contributed by atoms with Crippen LogP contribution in [0.15, 0.2) is 4.90 Å². The van der Waals surface area contributed by atoms with Crippen molar-refractivity contribution in [1.82, 2.24) is 10.6 Å². The molecule has 0 radical (unpaired) electrons. The molecule has 2 heterocycles. The molecule has 1 amide bonds. The number of hydrogen-bond donors (Lipinski definition) is 3. The van der Waals surface area contributed by atoms with Crippen LogP contribution in [0.25, 0.3) is 0 Å². The second-order valence-electron chi connectivity index (χ2n) is 4.63. The Kier molecular flexibility index (Phi) is 5.56. The zero-order valence-electron chi connectivity index (χ0n) is 12.0. The Morgan fingerprint density at radius 1 is 1.50 bits per heavy atom. The van der Waals surface area contributed by atoms with Crippen LogP contribution in [-0.2, 0) is 0 Å². The minimum Gasteiger partial charge on any atom is -0.396 e. The molecule has 4 N–H and O–H groups in total. The molecule has 1 aromatic rings. The fourth-order valence-corrected chi connectivity index (χ4v) is 4.43. The largest absolute Gasteiger partial charge is 0.396 e. The van der Waals surface area contributed by atoms with Gasteiger partial charge in [-0.3, -0.25) is 4.79 Å². The van der Waals surface area contributed by atoms with Crippen molar-refractivity contribution in [3.05, 3.63) is 4.88 Å². The van der Waals surface area contributed by atoms with E-state index in [2.05, 4.69) is 15.5 Å². The molecule has 0 saturated carbocycles. The van der Waals surface area contributed by atoms with E-state index < -0.39 is 0 Å². The smallest absolute Gasteiger partial charge is 0.263 e. The Hall–Kier alpha value is -0.920. The molecule has 20 heavy (non-hydrogen) atoms. The maximum absolute atomic E-state index is 12.1. The van der Waals surface area contributed by atoms with Crippen molar-refractivity contribution in [2.24, 2.45) is 0 Å². The molecular weight excluding hydrogens is 292 g/mol. The van der Waals surface area contributed by atoms with E-state index in [-0.39, 0.29) is 5.91 Å². The summed E-state index contributed by atoms with van der Waals surface area (Å²) in [5.41, 5.74) is 6.80. The Bertz CT molecular complexity index is 467. The fraction of sp³-hybridized carbons (Fsp3) is 0.615. The number of thiophene rings is 1. The van der Waals surface area contributed by atoms with Crippen LogP contribution >= 0.6 is 23.1 Å². The van der Waals surface area contributed by atoms with Crippen LogP contribution in [0.1, 0.15) is 23.0 Å². The number of nitrogens with one attached hydrogen (secondary N) is 2. The van der Waals surface area contributed by atoms with Gasteiger partial charge in [0.1, 0.15) is 9.88 Å². The Balaban J connectivity index is 2.31. The average Bonchev–Trinajstić information content (AvgIpc) is 2.63. The average molecular weight is 314 g/mol. The predicted molar refractivity (Wildman–Crippen MR) is 88.2 cm³/mol. The van der Waals surface area contributed by atoms with E-state index in [4.69, 9.17) is 5.73 Å². The third-order valence-electron chi connectivity index (χ3n) is 3.26. The highest BCUT2D eigenvalue weighted by molar-refractivity contribution is 7.99. The summed E-state index contributed by atoms with van der Waals surface area (Å²) in [6, 6.07) is 0. The van der Waals surface area contributed by atoms with Gasteiger partial charge >= 0.3 is 0 Å². The van der Waals surface area contributed by atoms with E-state index in [1.54, 1.807) is 11.8 Å². The molecule has 0 bridgehead atoms. The molecule has 112 valence electrons. The Morgan fingerprint density at radius 3 is 3.00 bits per heavy atom. The standard InChI is InChI=1S/C13H22N4OS2/c1-3-16-12(18)10-9(14)11(19-2)13(20-10)17-7-4-5-15-6-8-17/h15H,3-8,14H2,1-2H3,(H,16,18). The van der Waals surface area contributed by atoms with E-state index in [0.717, 1.165) is 42.5 Å². The molecule has 5 nitrogen and oxygen atoms in total. The number of rotatable bonds is 4. The molecule has 0 atom stereocenters. The van der Waals surface area contributed by atoms with Gasteiger partial charge in [-0.05, 0) is 26.1 Å². The van der Waals surface area contributed by atoms with Gasteiger partial charge in [-0.2, -0.15) is 0 Å². The van der Waals surface area contributed by atoms with Crippen LogP contribution in [0.3, 0.4) is 0 Å². The SMILES string of the molecule is CCNC(=O)c1sc(N2CCCNCC2)c(SC)c1N. The van der Waals surface area contributed by atoms with Gasteiger partial charge in [0.2, 0.25) is 0 Å². The number of nitrogen functional groups attached to an aromatic ring is 1. The summed E-state index contributed by atoms with van der Waals surface area (Å²) in [6.45, 7) is 6.53. The zero-order valence-corrected chi connectivity index (χ0v) is 13.6. The molecule has 0 aromatic carbocycles. The van der Waals surface area contributed by atoms with Crippen LogP contribution in [0.4, 0.5) is 10.7 Å². The normalized spacial score (nSPS) is 16.0. The van der Waals surface area contributed by atoms with Crippen LogP contribution in [-0.4, -0.2) is 44.9 Å². The quantitative estimate of drug-likeness (QED) is 0.737. The molecular formula is C13H22N4OS2. The van der Waals surface area contributed by atoms with Crippen molar-refractivity contribution in [1.29, 1.82) is 0 Å². The number of thioether (sulfide) groups is 1. The van der Waals surface area contributed by atoms with E-state index in [9.17, 15) is 4.79 Å². The van der Waals surface area contributed by atoms with Gasteiger partial charge in [0.05, 0.1) is 10.6 Å². The Morgan fingerprint density at radius 2 is 2.30 bits per heavy atom. The molecule has 1 fully saturated rings. The summed E-state index contributed by atoms with van der Waals surface area (Å²) in [6.07, 6.45) is 3.13. The fourth-order valence-electron chi connectivity index (χ4n) is 2.28. The van der Waals surface area contributed by atoms with Gasteiger partial charge in [-0.1, -0.05) is 0 Å². The van der Waals surface area contributed by atoms with Crippen LogP contribution in [0.5, 0.6) is 0 Å². The number of anilines is 2. The Labute approximate surface area is 128 Å². The summed E-state index contributed by atoms with van der Waals surface area (Å²) in [7, 11) is 0. The minimum atomic E-state index is -0.0653. The molecule has 0 spiro atoms. The van der Waals surface area contributed by atoms with Crippen molar-refractivity contribution in [3.8, 4) is 0 Å². The lowest BCUT2D eigenvalue weighted by Gasteiger charge is -2.21. The van der Waals surface area contributed by atoms with Crippen molar-refractivity contribution >= 4 is 39.7 Å². The summed E-state index contributed by atoms with van der Waals surface area (Å²) < 4.78 is 0. The highest BCUT2D eigenvalue weighted by Crippen LogP contribution is 2.43. The van der Waals surface area contributed by atoms with Gasteiger partial charge in [0.25, 0.3) is 5.91 Å². The maximum Gasteiger partial charge on any atom is 0.263 e. The van der Waals surface area contributed by atoms with Gasteiger partial charge in [0, 0.05) is 26.2 Å². The predicted octanol–water partition coefficient (Wildman–Crippen LogP) is 1.60. The number of nitrogens with zero attached hydrogens (tertiary/aromatic N) is 1. The third kappa shape index (κ3) is 3.21. The van der Waals surface area contributed by atoms with Gasteiger partial charge in [-0.25, -0.2) is 0 Å². The second-order valence-corrected chi connectivity index (χ2v) is 6.45. The molecule has 2 rings (SSSR count). The number of hydrogen-bond acceptors (Lipinski definition) is 6. The molecule has 1 aromatic heterocycles. The lowest BCUT2D eigenvalue weighted by atomic mass is 10.3. The zero-order chi connectivity index (χ0) is 14.5. The topological polar surface area (TPSA) is 70.4 Å². The first-order chi connectivity index (χ1) is 9.69. The van der Waals surface area contributed by atoms with E-state index in [1.807, 2.05) is 13.2 Å². The monoisotopic (exact) mass is 314 g/mol. The molecule has 0 aliphatic carbocycles. The summed E-state index contributed by atoms with van der Waals surface area (Å²) >= 11 is 3.14. The lowest BCUT2D eigenvalue weighted by Crippen LogP contribution is -2.27. The lowest BCUT2D eigenvalue weighted by molar-refractivity contribution is 0.0960. The second kappa shape index (κ2) is 7.19. The maximum atomic E-state index is 12.1. The van der Waals surface area contributed by atoms with Gasteiger partial charge in [0.15, 0.2) is 0 Å². The highest BCUT2D eigenvalue weighted by Gasteiger charge is 2.24.